The third kappa shape index (κ3) is 4.44. The van der Waals surface area contributed by atoms with Gasteiger partial charge in [-0.3, -0.25) is 4.98 Å². The summed E-state index contributed by atoms with van der Waals surface area (Å²) in [4.78, 5) is 10.4. The molecular formula is C59H34N2O. The first kappa shape index (κ1) is 33.7. The Labute approximate surface area is 357 Å². The number of fused-ring (bicyclic) bond motifs is 19. The summed E-state index contributed by atoms with van der Waals surface area (Å²) >= 11 is 0. The number of hydrogen-bond donors (Lipinski definition) is 0. The summed E-state index contributed by atoms with van der Waals surface area (Å²) in [7, 11) is 0. The van der Waals surface area contributed by atoms with Crippen molar-refractivity contribution in [3.8, 4) is 55.9 Å². The first-order chi connectivity index (χ1) is 30.7. The Bertz CT molecular complexity index is 3830. The van der Waals surface area contributed by atoms with Crippen molar-refractivity contribution in [2.24, 2.45) is 0 Å². The third-order valence-corrected chi connectivity index (χ3v) is 13.7. The van der Waals surface area contributed by atoms with Crippen LogP contribution in [0.2, 0.25) is 0 Å². The van der Waals surface area contributed by atoms with Crippen molar-refractivity contribution in [1.29, 1.82) is 0 Å². The van der Waals surface area contributed by atoms with Gasteiger partial charge in [0.2, 0.25) is 0 Å². The molecule has 1 spiro atoms. The molecule has 0 N–H and O–H groups in total. The second-order valence-electron chi connectivity index (χ2n) is 16.8. The second-order valence-corrected chi connectivity index (χ2v) is 16.8. The monoisotopic (exact) mass is 786 g/mol. The van der Waals surface area contributed by atoms with Crippen LogP contribution in [-0.4, -0.2) is 9.97 Å². The first-order valence-corrected chi connectivity index (χ1v) is 21.3. The minimum absolute atomic E-state index is 0.393. The SMILES string of the molecule is c1ccc(-c2cc(-c3ccnc4c3oc3cc5c6ccccc6c6ccccc6c5cc34)cc(-c3ccc4c(c3)-c3ccccc3C43c4ccccc4-c4ccccc43)n2)cc1. The van der Waals surface area contributed by atoms with Crippen LogP contribution in [0.25, 0.3) is 110 Å². The summed E-state index contributed by atoms with van der Waals surface area (Å²) in [5.41, 5.74) is 18.4. The molecule has 12 aromatic rings. The van der Waals surface area contributed by atoms with Crippen LogP contribution in [0, 0.1) is 0 Å². The molecule has 0 atom stereocenters. The average molecular weight is 787 g/mol. The van der Waals surface area contributed by atoms with Crippen molar-refractivity contribution >= 4 is 54.4 Å². The Balaban J connectivity index is 0.991. The van der Waals surface area contributed by atoms with Gasteiger partial charge in [-0.15, -0.1) is 0 Å². The molecular weight excluding hydrogens is 753 g/mol. The topological polar surface area (TPSA) is 38.9 Å². The molecule has 0 saturated carbocycles. The summed E-state index contributed by atoms with van der Waals surface area (Å²) < 4.78 is 6.93. The lowest BCUT2D eigenvalue weighted by atomic mass is 9.70. The summed E-state index contributed by atoms with van der Waals surface area (Å²) in [6.45, 7) is 0. The van der Waals surface area contributed by atoms with E-state index in [9.17, 15) is 0 Å². The van der Waals surface area contributed by atoms with Crippen LogP contribution in [0.15, 0.2) is 211 Å². The van der Waals surface area contributed by atoms with Gasteiger partial charge >= 0.3 is 0 Å². The van der Waals surface area contributed by atoms with Gasteiger partial charge in [-0.1, -0.05) is 164 Å². The minimum atomic E-state index is -0.393. The molecule has 3 heteroatoms. The Morgan fingerprint density at radius 2 is 0.855 bits per heavy atom. The fourth-order valence-electron chi connectivity index (χ4n) is 11.1. The standard InChI is InChI=1S/C59H34N2O/c1-2-14-35(15-3-1)54-31-37(38-28-29-60-57-49-33-46-41-18-6-4-16-39(41)40-17-5-7-19-42(40)47(46)34-56(49)62-58(38)57)32-55(61-54)36-26-27-53-48(30-36)45-22-10-13-25-52(45)59(53)50-23-11-8-20-43(50)44-21-9-12-24-51(44)59/h1-34H. The number of benzene rings is 9. The molecule has 286 valence electrons. The first-order valence-electron chi connectivity index (χ1n) is 21.3. The molecule has 9 aromatic carbocycles. The van der Waals surface area contributed by atoms with E-state index in [2.05, 4.69) is 200 Å². The van der Waals surface area contributed by atoms with Crippen LogP contribution in [0.4, 0.5) is 0 Å². The van der Waals surface area contributed by atoms with Crippen LogP contribution in [0.5, 0.6) is 0 Å². The lowest BCUT2D eigenvalue weighted by Gasteiger charge is -2.30. The summed E-state index contributed by atoms with van der Waals surface area (Å²) in [6, 6.07) is 72.8. The van der Waals surface area contributed by atoms with E-state index in [0.717, 1.165) is 55.7 Å². The van der Waals surface area contributed by atoms with Gasteiger partial charge in [0.1, 0.15) is 11.1 Å². The highest BCUT2D eigenvalue weighted by Crippen LogP contribution is 2.63. The van der Waals surface area contributed by atoms with Gasteiger partial charge in [-0.05, 0) is 119 Å². The van der Waals surface area contributed by atoms with Gasteiger partial charge in [0.25, 0.3) is 0 Å². The van der Waals surface area contributed by atoms with Crippen molar-refractivity contribution in [2.75, 3.05) is 0 Å². The largest absolute Gasteiger partial charge is 0.454 e. The maximum absolute atomic E-state index is 6.93. The van der Waals surface area contributed by atoms with E-state index >= 15 is 0 Å². The van der Waals surface area contributed by atoms with Gasteiger partial charge in [0.15, 0.2) is 5.58 Å². The van der Waals surface area contributed by atoms with E-state index in [-0.39, 0.29) is 0 Å². The van der Waals surface area contributed by atoms with Crippen LogP contribution >= 0.6 is 0 Å². The quantitative estimate of drug-likeness (QED) is 0.167. The van der Waals surface area contributed by atoms with Gasteiger partial charge < -0.3 is 4.42 Å². The van der Waals surface area contributed by atoms with Crippen LogP contribution in [-0.2, 0) is 5.41 Å². The van der Waals surface area contributed by atoms with Crippen molar-refractivity contribution in [2.45, 2.75) is 5.41 Å². The normalized spacial score (nSPS) is 13.3. The lowest BCUT2D eigenvalue weighted by Crippen LogP contribution is -2.25. The zero-order valence-corrected chi connectivity index (χ0v) is 33.4. The number of rotatable bonds is 3. The fourth-order valence-corrected chi connectivity index (χ4v) is 11.1. The molecule has 3 aromatic heterocycles. The molecule has 0 fully saturated rings. The molecule has 0 aliphatic heterocycles. The third-order valence-electron chi connectivity index (χ3n) is 13.7. The molecule has 14 rings (SSSR count). The van der Waals surface area contributed by atoms with E-state index in [0.29, 0.717) is 0 Å². The Morgan fingerprint density at radius 1 is 0.339 bits per heavy atom. The maximum atomic E-state index is 6.93. The van der Waals surface area contributed by atoms with E-state index < -0.39 is 5.41 Å². The lowest BCUT2D eigenvalue weighted by molar-refractivity contribution is 0.670. The van der Waals surface area contributed by atoms with Gasteiger partial charge in [0.05, 0.1) is 16.8 Å². The number of furan rings is 1. The Kier molecular flexibility index (Phi) is 6.76. The molecule has 0 amide bonds. The predicted molar refractivity (Wildman–Crippen MR) is 254 cm³/mol. The van der Waals surface area contributed by atoms with Crippen molar-refractivity contribution < 1.29 is 4.42 Å². The van der Waals surface area contributed by atoms with E-state index in [1.54, 1.807) is 0 Å². The molecule has 0 radical (unpaired) electrons. The number of pyridine rings is 2. The Morgan fingerprint density at radius 3 is 1.50 bits per heavy atom. The molecule has 0 bridgehead atoms. The molecule has 2 aliphatic rings. The molecule has 0 saturated heterocycles. The maximum Gasteiger partial charge on any atom is 0.161 e. The van der Waals surface area contributed by atoms with Crippen molar-refractivity contribution in [3.05, 3.63) is 229 Å². The molecule has 2 aliphatic carbocycles. The minimum Gasteiger partial charge on any atom is -0.454 e. The van der Waals surface area contributed by atoms with Gasteiger partial charge in [-0.25, -0.2) is 4.98 Å². The molecule has 3 heterocycles. The predicted octanol–water partition coefficient (Wildman–Crippen LogP) is 15.2. The summed E-state index contributed by atoms with van der Waals surface area (Å²) in [6.07, 6.45) is 1.92. The van der Waals surface area contributed by atoms with Crippen molar-refractivity contribution in [3.63, 3.8) is 0 Å². The van der Waals surface area contributed by atoms with E-state index in [1.165, 1.54) is 76.8 Å². The highest BCUT2D eigenvalue weighted by atomic mass is 16.3. The highest BCUT2D eigenvalue weighted by molar-refractivity contribution is 6.28. The average Bonchev–Trinajstić information content (AvgIpc) is 3.97. The van der Waals surface area contributed by atoms with Crippen LogP contribution in [0.1, 0.15) is 22.3 Å². The van der Waals surface area contributed by atoms with Gasteiger partial charge in [-0.2, -0.15) is 0 Å². The Hall–Kier alpha value is -8.14. The second kappa shape index (κ2) is 12.4. The summed E-state index contributed by atoms with van der Waals surface area (Å²) in [5, 5.41) is 8.31. The summed E-state index contributed by atoms with van der Waals surface area (Å²) in [5.74, 6) is 0. The molecule has 3 nitrogen and oxygen atoms in total. The zero-order chi connectivity index (χ0) is 40.5. The van der Waals surface area contributed by atoms with Crippen molar-refractivity contribution in [1.82, 2.24) is 9.97 Å². The van der Waals surface area contributed by atoms with E-state index in [4.69, 9.17) is 14.4 Å². The smallest absolute Gasteiger partial charge is 0.161 e. The highest BCUT2D eigenvalue weighted by Gasteiger charge is 2.51. The van der Waals surface area contributed by atoms with Crippen LogP contribution < -0.4 is 0 Å². The molecule has 0 unspecified atom stereocenters. The molecule has 62 heavy (non-hydrogen) atoms. The fraction of sp³-hybridized carbons (Fsp3) is 0.0169. The number of nitrogens with zero attached hydrogens (tertiary/aromatic N) is 2. The van der Waals surface area contributed by atoms with Gasteiger partial charge in [0, 0.05) is 28.3 Å². The van der Waals surface area contributed by atoms with E-state index in [1.807, 2.05) is 6.20 Å². The zero-order valence-electron chi connectivity index (χ0n) is 33.4. The number of hydrogen-bond acceptors (Lipinski definition) is 3. The van der Waals surface area contributed by atoms with Crippen LogP contribution in [0.3, 0.4) is 0 Å². The number of aromatic nitrogens is 2.